The molecular formula is C21H22ClN3OS. The van der Waals surface area contributed by atoms with E-state index in [1.807, 2.05) is 41.3 Å². The Morgan fingerprint density at radius 2 is 1.89 bits per heavy atom. The summed E-state index contributed by atoms with van der Waals surface area (Å²) in [7, 11) is 0. The van der Waals surface area contributed by atoms with Crippen molar-refractivity contribution >= 4 is 44.7 Å². The molecule has 0 atom stereocenters. The monoisotopic (exact) mass is 399 g/mol. The molecule has 1 aliphatic rings. The zero-order valence-electron chi connectivity index (χ0n) is 15.1. The predicted octanol–water partition coefficient (Wildman–Crippen LogP) is 4.62. The molecule has 4 nitrogen and oxygen atoms in total. The summed E-state index contributed by atoms with van der Waals surface area (Å²) < 4.78 is 1.22. The zero-order valence-corrected chi connectivity index (χ0v) is 16.7. The maximum absolute atomic E-state index is 12.5. The van der Waals surface area contributed by atoms with Crippen LogP contribution in [0.2, 0.25) is 5.02 Å². The van der Waals surface area contributed by atoms with Crippen LogP contribution in [0.4, 0.5) is 5.69 Å². The summed E-state index contributed by atoms with van der Waals surface area (Å²) in [5.41, 5.74) is 2.19. The second kappa shape index (κ2) is 8.28. The fraction of sp³-hybridized carbons (Fsp3) is 0.333. The van der Waals surface area contributed by atoms with Gasteiger partial charge in [0.05, 0.1) is 15.2 Å². The van der Waals surface area contributed by atoms with E-state index in [1.54, 1.807) is 11.3 Å². The van der Waals surface area contributed by atoms with E-state index in [0.717, 1.165) is 60.3 Å². The quantitative estimate of drug-likeness (QED) is 0.628. The normalized spacial score (nSPS) is 14.7. The van der Waals surface area contributed by atoms with E-state index in [1.165, 1.54) is 4.70 Å². The topological polar surface area (TPSA) is 36.4 Å². The summed E-state index contributed by atoms with van der Waals surface area (Å²) in [6, 6.07) is 16.1. The van der Waals surface area contributed by atoms with Crippen molar-refractivity contribution in [2.75, 3.05) is 31.1 Å². The number of carbonyl (C=O) groups is 1. The molecule has 0 aliphatic carbocycles. The number of rotatable bonds is 5. The number of nitrogens with zero attached hydrogens (tertiary/aromatic N) is 3. The van der Waals surface area contributed by atoms with Crippen molar-refractivity contribution in [3.05, 3.63) is 58.6 Å². The van der Waals surface area contributed by atoms with E-state index in [9.17, 15) is 4.79 Å². The summed E-state index contributed by atoms with van der Waals surface area (Å²) in [6.45, 7) is 3.24. The smallest absolute Gasteiger partial charge is 0.222 e. The number of carbonyl (C=O) groups excluding carboxylic acids is 1. The van der Waals surface area contributed by atoms with E-state index in [4.69, 9.17) is 11.6 Å². The summed E-state index contributed by atoms with van der Waals surface area (Å²) in [6.07, 6.45) is 2.31. The Hall–Kier alpha value is -2.11. The molecule has 2 heterocycles. The van der Waals surface area contributed by atoms with Crippen LogP contribution >= 0.6 is 22.9 Å². The molecule has 1 fully saturated rings. The van der Waals surface area contributed by atoms with Gasteiger partial charge in [-0.15, -0.1) is 11.3 Å². The van der Waals surface area contributed by atoms with Gasteiger partial charge in [-0.3, -0.25) is 4.79 Å². The highest BCUT2D eigenvalue weighted by Gasteiger charge is 2.21. The van der Waals surface area contributed by atoms with Gasteiger partial charge in [0.1, 0.15) is 0 Å². The molecule has 0 unspecified atom stereocenters. The Morgan fingerprint density at radius 1 is 1.07 bits per heavy atom. The van der Waals surface area contributed by atoms with Gasteiger partial charge in [0.25, 0.3) is 0 Å². The molecule has 0 spiro atoms. The molecule has 1 amide bonds. The van der Waals surface area contributed by atoms with Gasteiger partial charge in [-0.2, -0.15) is 0 Å². The number of aromatic nitrogens is 1. The standard InChI is InChI=1S/C21H22ClN3OS/c22-16-5-3-6-17(15-16)24-11-13-25(14-12-24)21(26)10-4-9-20-23-18-7-1-2-8-19(18)27-20/h1-3,5-8,15H,4,9-14H2. The van der Waals surface area contributed by atoms with E-state index in [2.05, 4.69) is 22.0 Å². The average molecular weight is 400 g/mol. The van der Waals surface area contributed by atoms with Crippen LogP contribution in [0.3, 0.4) is 0 Å². The van der Waals surface area contributed by atoms with Gasteiger partial charge in [0.2, 0.25) is 5.91 Å². The molecule has 27 heavy (non-hydrogen) atoms. The number of amides is 1. The van der Waals surface area contributed by atoms with Crippen LogP contribution < -0.4 is 4.90 Å². The van der Waals surface area contributed by atoms with Crippen LogP contribution in [0.25, 0.3) is 10.2 Å². The lowest BCUT2D eigenvalue weighted by atomic mass is 10.2. The number of thiazole rings is 1. The number of benzene rings is 2. The largest absolute Gasteiger partial charge is 0.368 e. The molecule has 0 saturated carbocycles. The molecule has 4 rings (SSSR count). The second-order valence-electron chi connectivity index (χ2n) is 6.78. The molecule has 1 saturated heterocycles. The minimum atomic E-state index is 0.252. The van der Waals surface area contributed by atoms with Crippen LogP contribution in [0, 0.1) is 0 Å². The number of aryl methyl sites for hydroxylation is 1. The van der Waals surface area contributed by atoms with Gasteiger partial charge in [-0.05, 0) is 43.2 Å². The Kier molecular flexibility index (Phi) is 5.60. The summed E-state index contributed by atoms with van der Waals surface area (Å²) in [5, 5.41) is 1.87. The van der Waals surface area contributed by atoms with Crippen molar-refractivity contribution in [2.45, 2.75) is 19.3 Å². The Labute approximate surface area is 168 Å². The lowest BCUT2D eigenvalue weighted by Gasteiger charge is -2.36. The number of piperazine rings is 1. The van der Waals surface area contributed by atoms with Gasteiger partial charge < -0.3 is 9.80 Å². The molecular weight excluding hydrogens is 378 g/mol. The maximum Gasteiger partial charge on any atom is 0.222 e. The molecule has 2 aromatic carbocycles. The zero-order chi connectivity index (χ0) is 18.6. The second-order valence-corrected chi connectivity index (χ2v) is 8.33. The van der Waals surface area contributed by atoms with Gasteiger partial charge >= 0.3 is 0 Å². The summed E-state index contributed by atoms with van der Waals surface area (Å²) in [4.78, 5) is 21.4. The number of halogens is 1. The first-order chi connectivity index (χ1) is 13.2. The van der Waals surface area contributed by atoms with E-state index in [0.29, 0.717) is 6.42 Å². The van der Waals surface area contributed by atoms with Crippen molar-refractivity contribution in [2.24, 2.45) is 0 Å². The van der Waals surface area contributed by atoms with Crippen LogP contribution in [-0.4, -0.2) is 42.0 Å². The van der Waals surface area contributed by atoms with Crippen molar-refractivity contribution < 1.29 is 4.79 Å². The van der Waals surface area contributed by atoms with Crippen LogP contribution in [-0.2, 0) is 11.2 Å². The lowest BCUT2D eigenvalue weighted by molar-refractivity contribution is -0.131. The number of anilines is 1. The maximum atomic E-state index is 12.5. The van der Waals surface area contributed by atoms with Crippen molar-refractivity contribution in [1.29, 1.82) is 0 Å². The SMILES string of the molecule is O=C(CCCc1nc2ccccc2s1)N1CCN(c2cccc(Cl)c2)CC1. The van der Waals surface area contributed by atoms with Gasteiger partial charge in [-0.1, -0.05) is 29.8 Å². The van der Waals surface area contributed by atoms with Gasteiger partial charge in [-0.25, -0.2) is 4.98 Å². The van der Waals surface area contributed by atoms with E-state index >= 15 is 0 Å². The van der Waals surface area contributed by atoms with Crippen molar-refractivity contribution in [3.63, 3.8) is 0 Å². The predicted molar refractivity (Wildman–Crippen MR) is 113 cm³/mol. The fourth-order valence-corrected chi connectivity index (χ4v) is 4.66. The average Bonchev–Trinajstić information content (AvgIpc) is 3.11. The van der Waals surface area contributed by atoms with E-state index in [-0.39, 0.29) is 5.91 Å². The number of hydrogen-bond donors (Lipinski definition) is 0. The molecule has 0 bridgehead atoms. The van der Waals surface area contributed by atoms with Gasteiger partial charge in [0, 0.05) is 43.3 Å². The molecule has 1 aliphatic heterocycles. The molecule has 1 aromatic heterocycles. The number of para-hydroxylation sites is 1. The summed E-state index contributed by atoms with van der Waals surface area (Å²) in [5.74, 6) is 0.252. The van der Waals surface area contributed by atoms with Crippen molar-refractivity contribution in [3.8, 4) is 0 Å². The minimum Gasteiger partial charge on any atom is -0.368 e. The highest BCUT2D eigenvalue weighted by molar-refractivity contribution is 7.18. The third-order valence-corrected chi connectivity index (χ3v) is 6.26. The summed E-state index contributed by atoms with van der Waals surface area (Å²) >= 11 is 7.81. The fourth-order valence-electron chi connectivity index (χ4n) is 3.46. The van der Waals surface area contributed by atoms with Crippen LogP contribution in [0.1, 0.15) is 17.8 Å². The highest BCUT2D eigenvalue weighted by atomic mass is 35.5. The molecule has 140 valence electrons. The molecule has 0 radical (unpaired) electrons. The lowest BCUT2D eigenvalue weighted by Crippen LogP contribution is -2.48. The van der Waals surface area contributed by atoms with E-state index < -0.39 is 0 Å². The molecule has 6 heteroatoms. The first kappa shape index (κ1) is 18.3. The van der Waals surface area contributed by atoms with Crippen LogP contribution in [0.15, 0.2) is 48.5 Å². The van der Waals surface area contributed by atoms with Crippen molar-refractivity contribution in [1.82, 2.24) is 9.88 Å². The number of hydrogen-bond acceptors (Lipinski definition) is 4. The molecule has 0 N–H and O–H groups in total. The van der Waals surface area contributed by atoms with Crippen LogP contribution in [0.5, 0.6) is 0 Å². The third kappa shape index (κ3) is 4.42. The Morgan fingerprint density at radius 3 is 2.67 bits per heavy atom. The minimum absolute atomic E-state index is 0.252. The third-order valence-electron chi connectivity index (χ3n) is 4.93. The number of fused-ring (bicyclic) bond motifs is 1. The Balaban J connectivity index is 1.24. The first-order valence-electron chi connectivity index (χ1n) is 9.32. The first-order valence-corrected chi connectivity index (χ1v) is 10.5. The molecule has 3 aromatic rings. The Bertz CT molecular complexity index is 901. The van der Waals surface area contributed by atoms with Gasteiger partial charge in [0.15, 0.2) is 0 Å². The highest BCUT2D eigenvalue weighted by Crippen LogP contribution is 2.23.